The van der Waals surface area contributed by atoms with E-state index in [1.165, 1.54) is 0 Å². The number of hydrogen-bond donors (Lipinski definition) is 2. The third-order valence-electron chi connectivity index (χ3n) is 2.66. The first-order valence-electron chi connectivity index (χ1n) is 6.11. The smallest absolute Gasteiger partial charge is 0.229 e. The SMILES string of the molecule is CC(O)(CN)Cc1nc(CSc2ccc(Cl)cc2)no1. The van der Waals surface area contributed by atoms with E-state index in [1.807, 2.05) is 24.3 Å². The van der Waals surface area contributed by atoms with Gasteiger partial charge in [-0.25, -0.2) is 0 Å². The highest BCUT2D eigenvalue weighted by molar-refractivity contribution is 7.98. The fraction of sp³-hybridized carbons (Fsp3) is 0.385. The second-order valence-electron chi connectivity index (χ2n) is 4.72. The lowest BCUT2D eigenvalue weighted by Crippen LogP contribution is -2.36. The van der Waals surface area contributed by atoms with Crippen molar-refractivity contribution in [2.45, 2.75) is 29.6 Å². The number of nitrogens with two attached hydrogens (primary N) is 1. The summed E-state index contributed by atoms with van der Waals surface area (Å²) < 4.78 is 5.10. The van der Waals surface area contributed by atoms with Gasteiger partial charge in [0.2, 0.25) is 5.89 Å². The average Bonchev–Trinajstić information content (AvgIpc) is 2.85. The zero-order chi connectivity index (χ0) is 14.6. The van der Waals surface area contributed by atoms with E-state index >= 15 is 0 Å². The third-order valence-corrected chi connectivity index (χ3v) is 3.92. The van der Waals surface area contributed by atoms with Crippen LogP contribution in [-0.2, 0) is 12.2 Å². The molecule has 1 unspecified atom stereocenters. The number of hydrogen-bond acceptors (Lipinski definition) is 6. The van der Waals surface area contributed by atoms with E-state index in [4.69, 9.17) is 21.9 Å². The van der Waals surface area contributed by atoms with Crippen LogP contribution in [0.25, 0.3) is 0 Å². The standard InChI is InChI=1S/C13H16ClN3O2S/c1-13(18,8-15)6-12-16-11(17-19-12)7-20-10-4-2-9(14)3-5-10/h2-5,18H,6-8,15H2,1H3. The Hall–Kier alpha value is -1.08. The molecule has 1 aromatic carbocycles. The normalized spacial score (nSPS) is 14.2. The molecule has 0 spiro atoms. The van der Waals surface area contributed by atoms with Gasteiger partial charge in [-0.2, -0.15) is 4.98 Å². The van der Waals surface area contributed by atoms with Crippen molar-refractivity contribution in [1.29, 1.82) is 0 Å². The first-order valence-corrected chi connectivity index (χ1v) is 7.47. The van der Waals surface area contributed by atoms with E-state index in [0.29, 0.717) is 22.5 Å². The average molecular weight is 314 g/mol. The van der Waals surface area contributed by atoms with E-state index in [2.05, 4.69) is 10.1 Å². The van der Waals surface area contributed by atoms with Gasteiger partial charge in [0.1, 0.15) is 0 Å². The Balaban J connectivity index is 1.91. The number of nitrogens with zero attached hydrogens (tertiary/aromatic N) is 2. The van der Waals surface area contributed by atoms with Crippen LogP contribution in [0, 0.1) is 0 Å². The molecule has 1 aromatic heterocycles. The quantitative estimate of drug-likeness (QED) is 0.796. The lowest BCUT2D eigenvalue weighted by Gasteiger charge is -2.17. The van der Waals surface area contributed by atoms with Crippen LogP contribution in [0.5, 0.6) is 0 Å². The Morgan fingerprint density at radius 1 is 1.40 bits per heavy atom. The molecule has 0 amide bonds. The first kappa shape index (κ1) is 15.3. The topological polar surface area (TPSA) is 85.2 Å². The third kappa shape index (κ3) is 4.49. The van der Waals surface area contributed by atoms with Crippen LogP contribution in [0.4, 0.5) is 0 Å². The van der Waals surface area contributed by atoms with Crippen molar-refractivity contribution in [2.24, 2.45) is 5.73 Å². The Morgan fingerprint density at radius 3 is 2.75 bits per heavy atom. The molecule has 2 rings (SSSR count). The molecule has 7 heteroatoms. The Bertz CT molecular complexity index is 557. The van der Waals surface area contributed by atoms with Gasteiger partial charge in [-0.15, -0.1) is 11.8 Å². The highest BCUT2D eigenvalue weighted by Gasteiger charge is 2.22. The molecule has 3 N–H and O–H groups in total. The van der Waals surface area contributed by atoms with E-state index in [-0.39, 0.29) is 13.0 Å². The summed E-state index contributed by atoms with van der Waals surface area (Å²) in [5.41, 5.74) is 4.43. The Kier molecular flexibility index (Phi) is 5.04. The predicted molar refractivity (Wildman–Crippen MR) is 78.7 cm³/mol. The highest BCUT2D eigenvalue weighted by Crippen LogP contribution is 2.23. The molecule has 0 saturated carbocycles. The largest absolute Gasteiger partial charge is 0.388 e. The number of rotatable bonds is 6. The number of aromatic nitrogens is 2. The monoisotopic (exact) mass is 313 g/mol. The van der Waals surface area contributed by atoms with Gasteiger partial charge in [-0.3, -0.25) is 0 Å². The van der Waals surface area contributed by atoms with Crippen molar-refractivity contribution in [3.8, 4) is 0 Å². The fourth-order valence-electron chi connectivity index (χ4n) is 1.50. The second-order valence-corrected chi connectivity index (χ2v) is 6.21. The predicted octanol–water partition coefficient (Wildman–Crippen LogP) is 2.27. The summed E-state index contributed by atoms with van der Waals surface area (Å²) in [6.07, 6.45) is 0.252. The molecule has 0 aliphatic heterocycles. The van der Waals surface area contributed by atoms with Crippen LogP contribution in [-0.4, -0.2) is 27.4 Å². The van der Waals surface area contributed by atoms with E-state index in [1.54, 1.807) is 18.7 Å². The van der Waals surface area contributed by atoms with Crippen LogP contribution in [0.1, 0.15) is 18.6 Å². The molecule has 1 heterocycles. The summed E-state index contributed by atoms with van der Waals surface area (Å²) in [5, 5.41) is 14.4. The van der Waals surface area contributed by atoms with Crippen molar-refractivity contribution in [3.05, 3.63) is 41.0 Å². The zero-order valence-electron chi connectivity index (χ0n) is 11.0. The van der Waals surface area contributed by atoms with Crippen LogP contribution >= 0.6 is 23.4 Å². The van der Waals surface area contributed by atoms with Crippen LogP contribution < -0.4 is 5.73 Å². The van der Waals surface area contributed by atoms with Crippen LogP contribution in [0.2, 0.25) is 5.02 Å². The molecule has 108 valence electrons. The Morgan fingerprint density at radius 2 is 2.10 bits per heavy atom. The van der Waals surface area contributed by atoms with Crippen LogP contribution in [0.3, 0.4) is 0 Å². The van der Waals surface area contributed by atoms with Crippen molar-refractivity contribution < 1.29 is 9.63 Å². The highest BCUT2D eigenvalue weighted by atomic mass is 35.5. The summed E-state index contributed by atoms with van der Waals surface area (Å²) in [7, 11) is 0. The van der Waals surface area contributed by atoms with Gasteiger partial charge in [0.25, 0.3) is 0 Å². The fourth-order valence-corrected chi connectivity index (χ4v) is 2.36. The maximum atomic E-state index is 9.85. The molecule has 0 aliphatic carbocycles. The van der Waals surface area contributed by atoms with Crippen molar-refractivity contribution in [2.75, 3.05) is 6.54 Å². The summed E-state index contributed by atoms with van der Waals surface area (Å²) in [4.78, 5) is 5.31. The number of benzene rings is 1. The van der Waals surface area contributed by atoms with Gasteiger partial charge in [-0.1, -0.05) is 16.8 Å². The first-order chi connectivity index (χ1) is 9.48. The van der Waals surface area contributed by atoms with Gasteiger partial charge in [0.05, 0.1) is 17.8 Å². The zero-order valence-corrected chi connectivity index (χ0v) is 12.6. The van der Waals surface area contributed by atoms with Crippen LogP contribution in [0.15, 0.2) is 33.7 Å². The molecular formula is C13H16ClN3O2S. The minimum Gasteiger partial charge on any atom is -0.388 e. The minimum atomic E-state index is -1.02. The molecule has 2 aromatic rings. The molecule has 0 aliphatic rings. The molecule has 0 saturated heterocycles. The summed E-state index contributed by atoms with van der Waals surface area (Å²) >= 11 is 7.41. The number of halogens is 1. The van der Waals surface area contributed by atoms with Gasteiger partial charge >= 0.3 is 0 Å². The molecule has 0 radical (unpaired) electrons. The Labute approximate surface area is 126 Å². The van der Waals surface area contributed by atoms with E-state index < -0.39 is 5.60 Å². The molecular weight excluding hydrogens is 298 g/mol. The number of thioether (sulfide) groups is 1. The molecule has 0 bridgehead atoms. The number of aliphatic hydroxyl groups is 1. The summed E-state index contributed by atoms with van der Waals surface area (Å²) in [5.74, 6) is 1.58. The van der Waals surface area contributed by atoms with Gasteiger partial charge in [-0.05, 0) is 31.2 Å². The molecule has 1 atom stereocenters. The second kappa shape index (κ2) is 6.58. The van der Waals surface area contributed by atoms with Gasteiger partial charge in [0, 0.05) is 16.5 Å². The minimum absolute atomic E-state index is 0.143. The lowest BCUT2D eigenvalue weighted by molar-refractivity contribution is 0.0610. The molecule has 5 nitrogen and oxygen atoms in total. The van der Waals surface area contributed by atoms with Crippen molar-refractivity contribution >= 4 is 23.4 Å². The maximum Gasteiger partial charge on any atom is 0.229 e. The molecule has 0 fully saturated rings. The maximum absolute atomic E-state index is 9.85. The van der Waals surface area contributed by atoms with Gasteiger partial charge < -0.3 is 15.4 Å². The van der Waals surface area contributed by atoms with E-state index in [9.17, 15) is 5.11 Å². The van der Waals surface area contributed by atoms with Crippen molar-refractivity contribution in [1.82, 2.24) is 10.1 Å². The van der Waals surface area contributed by atoms with E-state index in [0.717, 1.165) is 4.90 Å². The summed E-state index contributed by atoms with van der Waals surface area (Å²) in [6, 6.07) is 7.55. The van der Waals surface area contributed by atoms with Crippen molar-refractivity contribution in [3.63, 3.8) is 0 Å². The molecule has 20 heavy (non-hydrogen) atoms. The summed E-state index contributed by atoms with van der Waals surface area (Å²) in [6.45, 7) is 1.78. The lowest BCUT2D eigenvalue weighted by atomic mass is 10.0. The van der Waals surface area contributed by atoms with Gasteiger partial charge in [0.15, 0.2) is 5.82 Å².